The summed E-state index contributed by atoms with van der Waals surface area (Å²) in [6, 6.07) is 22.4. The van der Waals surface area contributed by atoms with Crippen LogP contribution in [0.15, 0.2) is 72.9 Å². The minimum Gasteiger partial charge on any atom is -0.354 e. The molecule has 1 saturated heterocycles. The maximum Gasteiger partial charge on any atom is 0.272 e. The molecule has 0 spiro atoms. The lowest BCUT2D eigenvalue weighted by atomic mass is 10.2. The smallest absolute Gasteiger partial charge is 0.272 e. The molecule has 5 heteroatoms. The van der Waals surface area contributed by atoms with E-state index in [2.05, 4.69) is 58.5 Å². The molecule has 0 unspecified atom stereocenters. The van der Waals surface area contributed by atoms with Gasteiger partial charge in [-0.15, -0.1) is 0 Å². The van der Waals surface area contributed by atoms with Gasteiger partial charge in [0.15, 0.2) is 0 Å². The van der Waals surface area contributed by atoms with Gasteiger partial charge in [-0.25, -0.2) is 4.98 Å². The second-order valence-corrected chi connectivity index (χ2v) is 7.48. The second-order valence-electron chi connectivity index (χ2n) is 7.48. The summed E-state index contributed by atoms with van der Waals surface area (Å²) in [4.78, 5) is 21.5. The molecule has 29 heavy (non-hydrogen) atoms. The Morgan fingerprint density at radius 3 is 2.24 bits per heavy atom. The highest BCUT2D eigenvalue weighted by Gasteiger charge is 2.22. The molecule has 2 heterocycles. The van der Waals surface area contributed by atoms with Crippen LogP contribution in [-0.2, 0) is 6.54 Å². The van der Waals surface area contributed by atoms with Crippen LogP contribution in [0.3, 0.4) is 0 Å². The first-order chi connectivity index (χ1) is 14.2. The molecule has 0 saturated carbocycles. The highest BCUT2D eigenvalue weighted by Crippen LogP contribution is 2.17. The van der Waals surface area contributed by atoms with Gasteiger partial charge in [0, 0.05) is 38.4 Å². The number of aryl methyl sites for hydroxylation is 1. The number of pyridine rings is 1. The van der Waals surface area contributed by atoms with Gasteiger partial charge in [0.1, 0.15) is 5.69 Å². The Morgan fingerprint density at radius 1 is 0.897 bits per heavy atom. The number of anilines is 2. The van der Waals surface area contributed by atoms with Crippen LogP contribution in [0.1, 0.15) is 21.6 Å². The molecule has 0 bridgehead atoms. The summed E-state index contributed by atoms with van der Waals surface area (Å²) >= 11 is 0. The van der Waals surface area contributed by atoms with Crippen molar-refractivity contribution in [3.63, 3.8) is 0 Å². The van der Waals surface area contributed by atoms with E-state index in [4.69, 9.17) is 0 Å². The number of hydrogen-bond acceptors (Lipinski definition) is 4. The van der Waals surface area contributed by atoms with E-state index in [1.54, 1.807) is 12.3 Å². The van der Waals surface area contributed by atoms with Gasteiger partial charge in [0.25, 0.3) is 5.91 Å². The van der Waals surface area contributed by atoms with Crippen LogP contribution in [-0.4, -0.2) is 46.9 Å². The number of nitrogens with zero attached hydrogens (tertiary/aromatic N) is 3. The van der Waals surface area contributed by atoms with Crippen molar-refractivity contribution in [2.24, 2.45) is 0 Å². The first-order valence-electron chi connectivity index (χ1n) is 10.0. The molecule has 3 aromatic rings. The molecule has 0 aliphatic carbocycles. The number of aromatic nitrogens is 1. The molecule has 1 aromatic heterocycles. The predicted octanol–water partition coefficient (Wildman–Crippen LogP) is 4.09. The van der Waals surface area contributed by atoms with Gasteiger partial charge in [-0.2, -0.15) is 0 Å². The zero-order chi connectivity index (χ0) is 20.1. The average Bonchev–Trinajstić information content (AvgIpc) is 2.77. The number of carbonyl (C=O) groups excluding carboxylic acids is 1. The number of hydrogen-bond donors (Lipinski definition) is 1. The van der Waals surface area contributed by atoms with Gasteiger partial charge < -0.3 is 10.2 Å². The zero-order valence-corrected chi connectivity index (χ0v) is 16.7. The molecule has 0 atom stereocenters. The van der Waals surface area contributed by atoms with Crippen molar-refractivity contribution >= 4 is 17.3 Å². The Kier molecular flexibility index (Phi) is 5.86. The molecule has 2 aromatic carbocycles. The van der Waals surface area contributed by atoms with Crippen molar-refractivity contribution in [2.45, 2.75) is 13.5 Å². The lowest BCUT2D eigenvalue weighted by Crippen LogP contribution is -2.48. The fraction of sp³-hybridized carbons (Fsp3) is 0.250. The molecule has 1 amide bonds. The highest BCUT2D eigenvalue weighted by molar-refractivity contribution is 5.92. The van der Waals surface area contributed by atoms with Crippen molar-refractivity contribution < 1.29 is 4.79 Å². The molecule has 1 N–H and O–H groups in total. The average molecular weight is 386 g/mol. The third-order valence-electron chi connectivity index (χ3n) is 5.23. The van der Waals surface area contributed by atoms with Crippen molar-refractivity contribution in [3.05, 3.63) is 89.7 Å². The van der Waals surface area contributed by atoms with E-state index in [1.165, 1.54) is 11.1 Å². The molecule has 5 nitrogen and oxygen atoms in total. The van der Waals surface area contributed by atoms with E-state index in [9.17, 15) is 4.79 Å². The molecular formula is C24H26N4O. The summed E-state index contributed by atoms with van der Waals surface area (Å²) in [5.74, 6) is 0.00578. The van der Waals surface area contributed by atoms with Crippen molar-refractivity contribution in [3.8, 4) is 0 Å². The van der Waals surface area contributed by atoms with Gasteiger partial charge in [-0.1, -0.05) is 48.0 Å². The summed E-state index contributed by atoms with van der Waals surface area (Å²) < 4.78 is 0. The first kappa shape index (κ1) is 19.2. The normalized spacial score (nSPS) is 14.6. The van der Waals surface area contributed by atoms with Gasteiger partial charge in [0.2, 0.25) is 0 Å². The SMILES string of the molecule is Cc1ccc(Nc2ccc(C(=O)N3CCN(Cc4ccccc4)CC3)nc2)cc1. The van der Waals surface area contributed by atoms with Crippen LogP contribution in [0.2, 0.25) is 0 Å². The Labute approximate surface area is 172 Å². The topological polar surface area (TPSA) is 48.5 Å². The van der Waals surface area contributed by atoms with Gasteiger partial charge >= 0.3 is 0 Å². The van der Waals surface area contributed by atoms with Crippen molar-refractivity contribution in [1.29, 1.82) is 0 Å². The molecule has 0 radical (unpaired) electrons. The van der Waals surface area contributed by atoms with E-state index in [0.29, 0.717) is 5.69 Å². The summed E-state index contributed by atoms with van der Waals surface area (Å²) in [7, 11) is 0. The van der Waals surface area contributed by atoms with E-state index < -0.39 is 0 Å². The zero-order valence-electron chi connectivity index (χ0n) is 16.7. The lowest BCUT2D eigenvalue weighted by Gasteiger charge is -2.34. The van der Waals surface area contributed by atoms with Gasteiger partial charge in [-0.05, 0) is 36.8 Å². The predicted molar refractivity (Wildman–Crippen MR) is 116 cm³/mol. The minimum atomic E-state index is 0.00578. The van der Waals surface area contributed by atoms with Crippen LogP contribution in [0.4, 0.5) is 11.4 Å². The highest BCUT2D eigenvalue weighted by atomic mass is 16.2. The Bertz CT molecular complexity index is 931. The van der Waals surface area contributed by atoms with Crippen LogP contribution in [0, 0.1) is 6.92 Å². The van der Waals surface area contributed by atoms with Gasteiger partial charge in [-0.3, -0.25) is 9.69 Å². The molecule has 1 aliphatic rings. The molecular weight excluding hydrogens is 360 g/mol. The molecule has 148 valence electrons. The molecule has 1 fully saturated rings. The van der Waals surface area contributed by atoms with E-state index in [1.807, 2.05) is 29.2 Å². The fourth-order valence-corrected chi connectivity index (χ4v) is 3.51. The Hall–Kier alpha value is -3.18. The third kappa shape index (κ3) is 5.00. The maximum absolute atomic E-state index is 12.8. The first-order valence-corrected chi connectivity index (χ1v) is 10.0. The Balaban J connectivity index is 1.31. The number of carbonyl (C=O) groups is 1. The lowest BCUT2D eigenvalue weighted by molar-refractivity contribution is 0.0623. The van der Waals surface area contributed by atoms with E-state index in [-0.39, 0.29) is 5.91 Å². The van der Waals surface area contributed by atoms with Crippen LogP contribution >= 0.6 is 0 Å². The van der Waals surface area contributed by atoms with E-state index >= 15 is 0 Å². The maximum atomic E-state index is 12.8. The number of amides is 1. The summed E-state index contributed by atoms with van der Waals surface area (Å²) in [6.07, 6.45) is 1.72. The molecule has 4 rings (SSSR count). The monoisotopic (exact) mass is 386 g/mol. The number of rotatable bonds is 5. The number of piperazine rings is 1. The van der Waals surface area contributed by atoms with Crippen LogP contribution < -0.4 is 5.32 Å². The largest absolute Gasteiger partial charge is 0.354 e. The summed E-state index contributed by atoms with van der Waals surface area (Å²) in [5, 5.41) is 3.31. The second kappa shape index (κ2) is 8.88. The van der Waals surface area contributed by atoms with E-state index in [0.717, 1.165) is 44.1 Å². The van der Waals surface area contributed by atoms with Crippen molar-refractivity contribution in [1.82, 2.24) is 14.8 Å². The standard InChI is InChI=1S/C24H26N4O/c1-19-7-9-21(10-8-19)26-22-11-12-23(25-17-22)24(29)28-15-13-27(14-16-28)18-20-5-3-2-4-6-20/h2-12,17,26H,13-16,18H2,1H3. The Morgan fingerprint density at radius 2 is 1.59 bits per heavy atom. The van der Waals surface area contributed by atoms with Crippen LogP contribution in [0.5, 0.6) is 0 Å². The summed E-state index contributed by atoms with van der Waals surface area (Å²) in [6.45, 7) is 6.22. The third-order valence-corrected chi connectivity index (χ3v) is 5.23. The minimum absolute atomic E-state index is 0.00578. The summed E-state index contributed by atoms with van der Waals surface area (Å²) in [5.41, 5.74) is 4.91. The van der Waals surface area contributed by atoms with Gasteiger partial charge in [0.05, 0.1) is 11.9 Å². The number of benzene rings is 2. The van der Waals surface area contributed by atoms with Crippen LogP contribution in [0.25, 0.3) is 0 Å². The molecule has 1 aliphatic heterocycles. The fourth-order valence-electron chi connectivity index (χ4n) is 3.51. The van der Waals surface area contributed by atoms with Crippen molar-refractivity contribution in [2.75, 3.05) is 31.5 Å². The number of nitrogens with one attached hydrogen (secondary N) is 1. The quantitative estimate of drug-likeness (QED) is 0.717.